The Kier molecular flexibility index (Phi) is 6.99. The largest absolute Gasteiger partial charge is 0.496 e. The average Bonchev–Trinajstić information content (AvgIpc) is 3.25. The fourth-order valence-corrected chi connectivity index (χ4v) is 4.28. The van der Waals surface area contributed by atoms with E-state index in [1.165, 1.54) is 28.9 Å². The van der Waals surface area contributed by atoms with E-state index in [1.807, 2.05) is 0 Å². The van der Waals surface area contributed by atoms with Crippen LogP contribution in [0.1, 0.15) is 40.3 Å². The summed E-state index contributed by atoms with van der Waals surface area (Å²) in [5.74, 6) is -1.57. The maximum absolute atomic E-state index is 13.5. The van der Waals surface area contributed by atoms with Crippen LogP contribution in [-0.2, 0) is 24.2 Å². The summed E-state index contributed by atoms with van der Waals surface area (Å²) in [5.41, 5.74) is 0.534. The molecule has 8 nitrogen and oxygen atoms in total. The van der Waals surface area contributed by atoms with Gasteiger partial charge in [0.05, 0.1) is 25.8 Å². The van der Waals surface area contributed by atoms with Crippen molar-refractivity contribution in [3.8, 4) is 5.75 Å². The Labute approximate surface area is 200 Å². The van der Waals surface area contributed by atoms with Gasteiger partial charge >= 0.3 is 0 Å². The molecule has 1 aliphatic heterocycles. The molecule has 10 heteroatoms. The Hall–Kier alpha value is -3.95. The third-order valence-electron chi connectivity index (χ3n) is 5.99. The Balaban J connectivity index is 1.58. The van der Waals surface area contributed by atoms with E-state index in [2.05, 4.69) is 5.32 Å². The quantitative estimate of drug-likeness (QED) is 0.580. The number of methoxy groups -OCH3 is 1. The van der Waals surface area contributed by atoms with Crippen LogP contribution >= 0.6 is 0 Å². The van der Waals surface area contributed by atoms with Crippen molar-refractivity contribution >= 4 is 11.8 Å². The molecule has 184 valence electrons. The smallest absolute Gasteiger partial charge is 0.257 e. The van der Waals surface area contributed by atoms with Gasteiger partial charge in [-0.15, -0.1) is 0 Å². The fraction of sp³-hybridized carbons (Fsp3) is 0.320. The van der Waals surface area contributed by atoms with Crippen LogP contribution < -0.4 is 15.6 Å². The molecule has 0 spiro atoms. The number of aromatic nitrogens is 1. The van der Waals surface area contributed by atoms with Crippen molar-refractivity contribution in [1.82, 2.24) is 14.8 Å². The number of furan rings is 1. The first-order valence-electron chi connectivity index (χ1n) is 11.1. The highest BCUT2D eigenvalue weighted by Gasteiger charge is 2.27. The van der Waals surface area contributed by atoms with Crippen molar-refractivity contribution < 1.29 is 27.5 Å². The van der Waals surface area contributed by atoms with Crippen LogP contribution in [-0.4, -0.2) is 41.5 Å². The first kappa shape index (κ1) is 24.2. The van der Waals surface area contributed by atoms with Gasteiger partial charge in [0.15, 0.2) is 0 Å². The second-order valence-electron chi connectivity index (χ2n) is 8.32. The zero-order valence-corrected chi connectivity index (χ0v) is 19.3. The van der Waals surface area contributed by atoms with E-state index >= 15 is 0 Å². The molecule has 1 N–H and O–H groups in total. The van der Waals surface area contributed by atoms with Gasteiger partial charge in [-0.2, -0.15) is 0 Å². The van der Waals surface area contributed by atoms with Crippen LogP contribution in [0, 0.1) is 11.6 Å². The molecule has 3 heterocycles. The lowest BCUT2D eigenvalue weighted by Gasteiger charge is -2.20. The summed E-state index contributed by atoms with van der Waals surface area (Å²) >= 11 is 0. The third kappa shape index (κ3) is 5.26. The van der Waals surface area contributed by atoms with Crippen LogP contribution in [0.5, 0.6) is 5.75 Å². The predicted octanol–water partition coefficient (Wildman–Crippen LogP) is 2.85. The Bertz CT molecular complexity index is 1280. The van der Waals surface area contributed by atoms with Crippen molar-refractivity contribution in [2.75, 3.05) is 20.2 Å². The molecule has 0 aliphatic carbocycles. The second-order valence-corrected chi connectivity index (χ2v) is 8.32. The normalized spacial score (nSPS) is 14.1. The number of nitrogens with one attached hydrogen (secondary N) is 1. The first-order chi connectivity index (χ1) is 16.8. The minimum absolute atomic E-state index is 0.139. The van der Waals surface area contributed by atoms with Crippen molar-refractivity contribution in [1.29, 1.82) is 0 Å². The molecule has 1 aromatic carbocycles. The molecule has 1 aliphatic rings. The molecule has 2 amide bonds. The summed E-state index contributed by atoms with van der Waals surface area (Å²) in [4.78, 5) is 40.4. The van der Waals surface area contributed by atoms with Crippen LogP contribution in [0.4, 0.5) is 8.78 Å². The fourth-order valence-electron chi connectivity index (χ4n) is 4.28. The summed E-state index contributed by atoms with van der Waals surface area (Å²) < 4.78 is 39.2. The minimum Gasteiger partial charge on any atom is -0.496 e. The standard InChI is InChI=1S/C25H25F2N3O5/c1-15(20-4-3-9-35-20)28-25(33)24-19-5-6-29(7-8-30(19)23(32)14-21(24)34-2)22(31)12-16-10-17(26)13-18(27)11-16/h3-4,9-11,13-15H,5-8,12H2,1-2H3,(H,28,33)/t15-/m1/s1. The van der Waals surface area contributed by atoms with E-state index in [-0.39, 0.29) is 60.8 Å². The number of hydrogen-bond donors (Lipinski definition) is 1. The Morgan fingerprint density at radius 1 is 1.14 bits per heavy atom. The number of rotatable bonds is 6. The van der Waals surface area contributed by atoms with Gasteiger partial charge in [0.25, 0.3) is 11.5 Å². The molecule has 0 fully saturated rings. The van der Waals surface area contributed by atoms with Gasteiger partial charge in [0.2, 0.25) is 5.91 Å². The van der Waals surface area contributed by atoms with Crippen LogP contribution in [0.15, 0.2) is 51.9 Å². The number of carbonyl (C=O) groups is 2. The molecule has 35 heavy (non-hydrogen) atoms. The molecule has 1 atom stereocenters. The first-order valence-corrected chi connectivity index (χ1v) is 11.1. The van der Waals surface area contributed by atoms with E-state index < -0.39 is 23.6 Å². The van der Waals surface area contributed by atoms with Gasteiger partial charge in [-0.3, -0.25) is 14.4 Å². The van der Waals surface area contributed by atoms with E-state index in [4.69, 9.17) is 9.15 Å². The van der Waals surface area contributed by atoms with Gasteiger partial charge in [-0.25, -0.2) is 8.78 Å². The third-order valence-corrected chi connectivity index (χ3v) is 5.99. The van der Waals surface area contributed by atoms with Crippen molar-refractivity contribution in [3.05, 3.63) is 87.2 Å². The maximum Gasteiger partial charge on any atom is 0.257 e. The van der Waals surface area contributed by atoms with Gasteiger partial charge in [-0.05, 0) is 36.8 Å². The Morgan fingerprint density at radius 2 is 1.89 bits per heavy atom. The topological polar surface area (TPSA) is 93.8 Å². The van der Waals surface area contributed by atoms with Crippen molar-refractivity contribution in [3.63, 3.8) is 0 Å². The summed E-state index contributed by atoms with van der Waals surface area (Å²) in [6.07, 6.45) is 1.54. The molecule has 3 aromatic rings. The number of benzene rings is 1. The van der Waals surface area contributed by atoms with E-state index in [1.54, 1.807) is 19.1 Å². The number of fused-ring (bicyclic) bond motifs is 1. The number of nitrogens with zero attached hydrogens (tertiary/aromatic N) is 2. The number of halogens is 2. The lowest BCUT2D eigenvalue weighted by Crippen LogP contribution is -2.35. The highest BCUT2D eigenvalue weighted by atomic mass is 19.1. The molecule has 0 radical (unpaired) electrons. The van der Waals surface area contributed by atoms with Crippen molar-refractivity contribution in [2.24, 2.45) is 0 Å². The maximum atomic E-state index is 13.5. The second kappa shape index (κ2) is 10.1. The lowest BCUT2D eigenvalue weighted by molar-refractivity contribution is -0.130. The van der Waals surface area contributed by atoms with Crippen LogP contribution in [0.25, 0.3) is 0 Å². The number of pyridine rings is 1. The molecular formula is C25H25F2N3O5. The molecule has 2 aromatic heterocycles. The lowest BCUT2D eigenvalue weighted by atomic mass is 10.1. The van der Waals surface area contributed by atoms with Gasteiger partial charge in [0, 0.05) is 43.9 Å². The highest BCUT2D eigenvalue weighted by Crippen LogP contribution is 2.24. The molecule has 0 bridgehead atoms. The van der Waals surface area contributed by atoms with Gasteiger partial charge in [0.1, 0.15) is 28.7 Å². The molecule has 0 saturated heterocycles. The zero-order chi connectivity index (χ0) is 25.1. The molecule has 0 saturated carbocycles. The summed E-state index contributed by atoms with van der Waals surface area (Å²) in [5, 5.41) is 2.86. The minimum atomic E-state index is -0.755. The van der Waals surface area contributed by atoms with E-state index in [0.29, 0.717) is 11.5 Å². The van der Waals surface area contributed by atoms with Crippen molar-refractivity contribution in [2.45, 2.75) is 32.4 Å². The van der Waals surface area contributed by atoms with E-state index in [9.17, 15) is 23.2 Å². The van der Waals surface area contributed by atoms with E-state index in [0.717, 1.165) is 18.2 Å². The highest BCUT2D eigenvalue weighted by molar-refractivity contribution is 5.98. The molecular weight excluding hydrogens is 460 g/mol. The van der Waals surface area contributed by atoms with Crippen LogP contribution in [0.3, 0.4) is 0 Å². The number of ether oxygens (including phenoxy) is 1. The van der Waals surface area contributed by atoms with Gasteiger partial charge in [-0.1, -0.05) is 0 Å². The summed E-state index contributed by atoms with van der Waals surface area (Å²) in [6.45, 7) is 2.36. The number of hydrogen-bond acceptors (Lipinski definition) is 5. The number of amides is 2. The molecule has 0 unspecified atom stereocenters. The molecule has 4 rings (SSSR count). The summed E-state index contributed by atoms with van der Waals surface area (Å²) in [7, 11) is 1.38. The number of carbonyl (C=O) groups excluding carboxylic acids is 2. The summed E-state index contributed by atoms with van der Waals surface area (Å²) in [6, 6.07) is 7.27. The monoisotopic (exact) mass is 485 g/mol. The average molecular weight is 485 g/mol. The van der Waals surface area contributed by atoms with Gasteiger partial charge < -0.3 is 23.9 Å². The zero-order valence-electron chi connectivity index (χ0n) is 19.3. The van der Waals surface area contributed by atoms with Crippen LogP contribution in [0.2, 0.25) is 0 Å². The predicted molar refractivity (Wildman–Crippen MR) is 122 cm³/mol. The Morgan fingerprint density at radius 3 is 2.54 bits per heavy atom. The SMILES string of the molecule is COc1cc(=O)n2c(c1C(=O)N[C@H](C)c1ccco1)CCN(C(=O)Cc1cc(F)cc(F)c1)CC2.